The monoisotopic (exact) mass is 338 g/mol. The Labute approximate surface area is 123 Å². The predicted molar refractivity (Wildman–Crippen MR) is 77.9 cm³/mol. The summed E-state index contributed by atoms with van der Waals surface area (Å²) in [6.07, 6.45) is 0. The van der Waals surface area contributed by atoms with Gasteiger partial charge in [0.2, 0.25) is 0 Å². The standard InChI is InChI=1S/C14H12BrFN2O2/c1-8-2-5-13(10(6-8)14(17)18-19)20-9-3-4-11(15)12(16)7-9/h2-7,19H,1H3,(H2,17,18). The van der Waals surface area contributed by atoms with Gasteiger partial charge < -0.3 is 15.7 Å². The minimum absolute atomic E-state index is 0.0683. The van der Waals surface area contributed by atoms with Crippen LogP contribution in [-0.2, 0) is 0 Å². The number of rotatable bonds is 3. The molecule has 4 nitrogen and oxygen atoms in total. The first-order valence-electron chi connectivity index (χ1n) is 5.72. The molecule has 0 heterocycles. The lowest BCUT2D eigenvalue weighted by Crippen LogP contribution is -2.14. The topological polar surface area (TPSA) is 67.8 Å². The number of amidine groups is 1. The largest absolute Gasteiger partial charge is 0.456 e. The average molecular weight is 339 g/mol. The van der Waals surface area contributed by atoms with E-state index in [-0.39, 0.29) is 5.84 Å². The molecule has 0 aliphatic heterocycles. The molecular formula is C14H12BrFN2O2. The highest BCUT2D eigenvalue weighted by atomic mass is 79.9. The third kappa shape index (κ3) is 3.08. The summed E-state index contributed by atoms with van der Waals surface area (Å²) >= 11 is 3.07. The zero-order chi connectivity index (χ0) is 14.7. The first-order chi connectivity index (χ1) is 9.51. The summed E-state index contributed by atoms with van der Waals surface area (Å²) in [5.41, 5.74) is 6.98. The number of aryl methyl sites for hydroxylation is 1. The van der Waals surface area contributed by atoms with Crippen LogP contribution in [0.1, 0.15) is 11.1 Å². The Hall–Kier alpha value is -2.08. The molecule has 2 aromatic rings. The van der Waals surface area contributed by atoms with Crippen molar-refractivity contribution in [2.24, 2.45) is 10.9 Å². The Morgan fingerprint density at radius 2 is 2.05 bits per heavy atom. The molecule has 3 N–H and O–H groups in total. The first kappa shape index (κ1) is 14.3. The van der Waals surface area contributed by atoms with E-state index < -0.39 is 5.82 Å². The molecule has 2 aromatic carbocycles. The number of ether oxygens (including phenoxy) is 1. The van der Waals surface area contributed by atoms with Crippen LogP contribution >= 0.6 is 15.9 Å². The third-order valence-corrected chi connectivity index (χ3v) is 3.28. The van der Waals surface area contributed by atoms with Crippen molar-refractivity contribution in [1.82, 2.24) is 0 Å². The minimum atomic E-state index is -0.431. The van der Waals surface area contributed by atoms with Crippen molar-refractivity contribution in [2.75, 3.05) is 0 Å². The molecule has 0 spiro atoms. The van der Waals surface area contributed by atoms with Gasteiger partial charge in [-0.2, -0.15) is 0 Å². The summed E-state index contributed by atoms with van der Waals surface area (Å²) in [5, 5.41) is 11.8. The van der Waals surface area contributed by atoms with Gasteiger partial charge in [-0.1, -0.05) is 16.8 Å². The molecule has 2 rings (SSSR count). The smallest absolute Gasteiger partial charge is 0.173 e. The lowest BCUT2D eigenvalue weighted by atomic mass is 10.1. The molecule has 0 saturated carbocycles. The predicted octanol–water partition coefficient (Wildman–Crippen LogP) is 3.78. The molecule has 0 bridgehead atoms. The van der Waals surface area contributed by atoms with Crippen LogP contribution in [0.4, 0.5) is 4.39 Å². The summed E-state index contributed by atoms with van der Waals surface area (Å²) in [5.74, 6) is 0.204. The van der Waals surface area contributed by atoms with E-state index in [0.29, 0.717) is 21.5 Å². The van der Waals surface area contributed by atoms with Gasteiger partial charge in [0.25, 0.3) is 0 Å². The number of nitrogens with two attached hydrogens (primary N) is 1. The summed E-state index contributed by atoms with van der Waals surface area (Å²) in [6.45, 7) is 1.87. The van der Waals surface area contributed by atoms with Crippen molar-refractivity contribution in [1.29, 1.82) is 0 Å². The summed E-state index contributed by atoms with van der Waals surface area (Å²) < 4.78 is 19.4. The molecule has 104 valence electrons. The zero-order valence-corrected chi connectivity index (χ0v) is 12.2. The van der Waals surface area contributed by atoms with Gasteiger partial charge in [0.05, 0.1) is 10.0 Å². The summed E-state index contributed by atoms with van der Waals surface area (Å²) in [4.78, 5) is 0. The Morgan fingerprint density at radius 1 is 1.30 bits per heavy atom. The van der Waals surface area contributed by atoms with E-state index in [1.165, 1.54) is 6.07 Å². The van der Waals surface area contributed by atoms with E-state index in [2.05, 4.69) is 21.1 Å². The lowest BCUT2D eigenvalue weighted by molar-refractivity contribution is 0.318. The molecule has 0 aliphatic rings. The fraction of sp³-hybridized carbons (Fsp3) is 0.0714. The Bertz CT molecular complexity index is 674. The van der Waals surface area contributed by atoms with Gasteiger partial charge in [-0.15, -0.1) is 0 Å². The van der Waals surface area contributed by atoms with Gasteiger partial charge in [0.15, 0.2) is 5.84 Å². The number of nitrogens with zero attached hydrogens (tertiary/aromatic N) is 1. The third-order valence-electron chi connectivity index (χ3n) is 2.64. The van der Waals surface area contributed by atoms with E-state index in [1.54, 1.807) is 24.3 Å². The maximum Gasteiger partial charge on any atom is 0.173 e. The second kappa shape index (κ2) is 5.92. The minimum Gasteiger partial charge on any atom is -0.456 e. The van der Waals surface area contributed by atoms with E-state index in [4.69, 9.17) is 15.7 Å². The van der Waals surface area contributed by atoms with Crippen molar-refractivity contribution < 1.29 is 14.3 Å². The van der Waals surface area contributed by atoms with Crippen molar-refractivity contribution in [3.8, 4) is 11.5 Å². The van der Waals surface area contributed by atoms with Crippen molar-refractivity contribution in [3.05, 3.63) is 57.8 Å². The Kier molecular flexibility index (Phi) is 4.24. The fourth-order valence-corrected chi connectivity index (χ4v) is 1.90. The average Bonchev–Trinajstić information content (AvgIpc) is 2.44. The quantitative estimate of drug-likeness (QED) is 0.387. The number of oxime groups is 1. The Morgan fingerprint density at radius 3 is 2.70 bits per heavy atom. The Balaban J connectivity index is 2.40. The van der Waals surface area contributed by atoms with Crippen LogP contribution in [0.25, 0.3) is 0 Å². The van der Waals surface area contributed by atoms with Crippen molar-refractivity contribution in [2.45, 2.75) is 6.92 Å². The van der Waals surface area contributed by atoms with Crippen LogP contribution in [0, 0.1) is 12.7 Å². The molecular weight excluding hydrogens is 327 g/mol. The SMILES string of the molecule is Cc1ccc(Oc2ccc(Br)c(F)c2)c(/C(N)=N/O)c1. The van der Waals surface area contributed by atoms with Crippen LogP contribution in [-0.4, -0.2) is 11.0 Å². The molecule has 0 saturated heterocycles. The molecule has 0 radical (unpaired) electrons. The molecule has 6 heteroatoms. The second-order valence-electron chi connectivity index (χ2n) is 4.16. The van der Waals surface area contributed by atoms with E-state index in [1.807, 2.05) is 13.0 Å². The lowest BCUT2D eigenvalue weighted by Gasteiger charge is -2.11. The first-order valence-corrected chi connectivity index (χ1v) is 6.52. The molecule has 0 unspecified atom stereocenters. The van der Waals surface area contributed by atoms with Gasteiger partial charge in [-0.05, 0) is 47.1 Å². The van der Waals surface area contributed by atoms with Crippen LogP contribution in [0.2, 0.25) is 0 Å². The van der Waals surface area contributed by atoms with Crippen LogP contribution < -0.4 is 10.5 Å². The van der Waals surface area contributed by atoms with E-state index >= 15 is 0 Å². The number of hydrogen-bond donors (Lipinski definition) is 2. The number of benzene rings is 2. The molecule has 0 aliphatic carbocycles. The van der Waals surface area contributed by atoms with Crippen molar-refractivity contribution >= 4 is 21.8 Å². The molecule has 0 amide bonds. The van der Waals surface area contributed by atoms with Crippen molar-refractivity contribution in [3.63, 3.8) is 0 Å². The normalized spacial score (nSPS) is 11.4. The number of halogens is 2. The summed E-state index contributed by atoms with van der Waals surface area (Å²) in [6, 6.07) is 9.63. The van der Waals surface area contributed by atoms with Gasteiger partial charge in [0.1, 0.15) is 17.3 Å². The van der Waals surface area contributed by atoms with Gasteiger partial charge >= 0.3 is 0 Å². The van der Waals surface area contributed by atoms with E-state index in [0.717, 1.165) is 5.56 Å². The molecule has 0 fully saturated rings. The maximum absolute atomic E-state index is 13.5. The fourth-order valence-electron chi connectivity index (χ4n) is 1.65. The highest BCUT2D eigenvalue weighted by molar-refractivity contribution is 9.10. The maximum atomic E-state index is 13.5. The second-order valence-corrected chi connectivity index (χ2v) is 5.02. The summed E-state index contributed by atoms with van der Waals surface area (Å²) in [7, 11) is 0. The molecule has 20 heavy (non-hydrogen) atoms. The highest BCUT2D eigenvalue weighted by Crippen LogP contribution is 2.28. The number of hydrogen-bond acceptors (Lipinski definition) is 3. The van der Waals surface area contributed by atoms with Crippen LogP contribution in [0.15, 0.2) is 46.0 Å². The molecule has 0 aromatic heterocycles. The molecule has 0 atom stereocenters. The van der Waals surface area contributed by atoms with Gasteiger partial charge in [-0.25, -0.2) is 4.39 Å². The van der Waals surface area contributed by atoms with E-state index in [9.17, 15) is 4.39 Å². The highest BCUT2D eigenvalue weighted by Gasteiger charge is 2.11. The van der Waals surface area contributed by atoms with Gasteiger partial charge in [0, 0.05) is 6.07 Å². The van der Waals surface area contributed by atoms with Crippen LogP contribution in [0.3, 0.4) is 0 Å². The van der Waals surface area contributed by atoms with Crippen LogP contribution in [0.5, 0.6) is 11.5 Å². The van der Waals surface area contributed by atoms with Gasteiger partial charge in [-0.3, -0.25) is 0 Å². The zero-order valence-electron chi connectivity index (χ0n) is 10.6.